The summed E-state index contributed by atoms with van der Waals surface area (Å²) in [6, 6.07) is 0. The highest BCUT2D eigenvalue weighted by molar-refractivity contribution is 4.84. The Morgan fingerprint density at radius 2 is 1.55 bits per heavy atom. The molecule has 0 atom stereocenters. The van der Waals surface area contributed by atoms with Crippen LogP contribution in [0.1, 0.15) is 97.2 Å². The molecular weight excluding hydrogens is 276 g/mol. The first-order valence-electron chi connectivity index (χ1n) is 9.14. The fourth-order valence-electron chi connectivity index (χ4n) is 3.12. The number of unbranched alkanes of at least 4 members (excludes halogenated alkanes) is 6. The number of aromatic nitrogens is 2. The van der Waals surface area contributed by atoms with Crippen LogP contribution in [-0.2, 0) is 6.42 Å². The molecule has 0 unspecified atom stereocenters. The molecule has 0 saturated heterocycles. The van der Waals surface area contributed by atoms with Crippen molar-refractivity contribution in [3.8, 4) is 0 Å². The lowest BCUT2D eigenvalue weighted by Crippen LogP contribution is -2.18. The van der Waals surface area contributed by atoms with Crippen molar-refractivity contribution in [2.75, 3.05) is 0 Å². The third-order valence-corrected chi connectivity index (χ3v) is 4.72. The maximum atomic E-state index is 11.0. The topological polar surface area (TPSA) is 58.9 Å². The fraction of sp³-hybridized carbons (Fsp3) is 0.889. The summed E-state index contributed by atoms with van der Waals surface area (Å²) in [5, 5.41) is 3.80. The third kappa shape index (κ3) is 7.81. The number of H-pyrrole nitrogens is 1. The van der Waals surface area contributed by atoms with Gasteiger partial charge in [-0.15, -0.1) is 0 Å². The third-order valence-electron chi connectivity index (χ3n) is 4.72. The number of nitrogens with zero attached hydrogens (tertiary/aromatic N) is 1. The van der Waals surface area contributed by atoms with Crippen molar-refractivity contribution in [1.82, 2.24) is 10.1 Å². The van der Waals surface area contributed by atoms with Gasteiger partial charge in [-0.25, -0.2) is 4.79 Å². The zero-order valence-corrected chi connectivity index (χ0v) is 14.7. The maximum absolute atomic E-state index is 11.0. The molecule has 0 aliphatic rings. The van der Waals surface area contributed by atoms with E-state index in [4.69, 9.17) is 0 Å². The summed E-state index contributed by atoms with van der Waals surface area (Å²) in [5.74, 6) is 0.251. The van der Waals surface area contributed by atoms with Crippen LogP contribution in [0.2, 0.25) is 0 Å². The minimum atomic E-state index is -0.442. The molecular formula is C18H34N2O2. The summed E-state index contributed by atoms with van der Waals surface area (Å²) >= 11 is 0. The molecule has 0 aromatic carbocycles. The van der Waals surface area contributed by atoms with Crippen molar-refractivity contribution in [3.63, 3.8) is 0 Å². The molecule has 22 heavy (non-hydrogen) atoms. The van der Waals surface area contributed by atoms with E-state index in [2.05, 4.69) is 35.4 Å². The minimum absolute atomic E-state index is 0.358. The van der Waals surface area contributed by atoms with Crippen molar-refractivity contribution in [1.29, 1.82) is 0 Å². The molecule has 128 valence electrons. The van der Waals surface area contributed by atoms with Gasteiger partial charge < -0.3 is 0 Å². The number of nitrogens with one attached hydrogen (secondary N) is 1. The predicted octanol–water partition coefficient (Wildman–Crippen LogP) is 5.24. The Balaban J connectivity index is 2.45. The average Bonchev–Trinajstić information content (AvgIpc) is 2.92. The van der Waals surface area contributed by atoms with E-state index in [9.17, 15) is 4.79 Å². The van der Waals surface area contributed by atoms with E-state index in [0.29, 0.717) is 11.2 Å². The van der Waals surface area contributed by atoms with E-state index in [1.54, 1.807) is 0 Å². The van der Waals surface area contributed by atoms with Gasteiger partial charge >= 0.3 is 5.76 Å². The molecule has 0 radical (unpaired) electrons. The first kappa shape index (κ1) is 19.0. The Hall–Kier alpha value is -1.06. The summed E-state index contributed by atoms with van der Waals surface area (Å²) in [4.78, 5) is 13.7. The van der Waals surface area contributed by atoms with E-state index in [-0.39, 0.29) is 0 Å². The zero-order valence-electron chi connectivity index (χ0n) is 14.7. The molecule has 1 aromatic rings. The van der Waals surface area contributed by atoms with E-state index >= 15 is 0 Å². The van der Waals surface area contributed by atoms with E-state index in [1.807, 2.05) is 0 Å². The number of hydrogen-bond acceptors (Lipinski definition) is 3. The van der Waals surface area contributed by atoms with Gasteiger partial charge in [0.05, 0.1) is 0 Å². The molecule has 4 nitrogen and oxygen atoms in total. The van der Waals surface area contributed by atoms with Gasteiger partial charge in [0.25, 0.3) is 0 Å². The molecule has 0 amide bonds. The van der Waals surface area contributed by atoms with Crippen LogP contribution in [0.3, 0.4) is 0 Å². The minimum Gasteiger partial charge on any atom is -0.296 e. The van der Waals surface area contributed by atoms with Gasteiger partial charge in [0.15, 0.2) is 5.82 Å². The van der Waals surface area contributed by atoms with Gasteiger partial charge in [-0.3, -0.25) is 9.51 Å². The first-order chi connectivity index (χ1) is 10.6. The number of aromatic amines is 1. The summed E-state index contributed by atoms with van der Waals surface area (Å²) in [7, 11) is 0. The lowest BCUT2D eigenvalue weighted by atomic mass is 9.76. The SMILES string of the molecule is CCCCCCC(C)(CCCCCC)CCc1noc(=O)[nH]1. The Bertz CT molecular complexity index is 424. The predicted molar refractivity (Wildman–Crippen MR) is 91.1 cm³/mol. The van der Waals surface area contributed by atoms with Crippen LogP contribution in [0.25, 0.3) is 0 Å². The second-order valence-electron chi connectivity index (χ2n) is 6.97. The summed E-state index contributed by atoms with van der Waals surface area (Å²) in [5.41, 5.74) is 0.358. The van der Waals surface area contributed by atoms with E-state index in [0.717, 1.165) is 12.8 Å². The number of aryl methyl sites for hydroxylation is 1. The van der Waals surface area contributed by atoms with Gasteiger partial charge in [-0.05, 0) is 24.7 Å². The van der Waals surface area contributed by atoms with Gasteiger partial charge in [0.1, 0.15) is 0 Å². The van der Waals surface area contributed by atoms with Gasteiger partial charge in [0.2, 0.25) is 0 Å². The number of rotatable bonds is 13. The molecule has 1 N–H and O–H groups in total. The van der Waals surface area contributed by atoms with E-state index < -0.39 is 5.76 Å². The summed E-state index contributed by atoms with van der Waals surface area (Å²) in [6.45, 7) is 6.92. The Labute approximate surface area is 135 Å². The van der Waals surface area contributed by atoms with Crippen LogP contribution in [0.4, 0.5) is 0 Å². The van der Waals surface area contributed by atoms with Crippen molar-refractivity contribution in [3.05, 3.63) is 16.4 Å². The van der Waals surface area contributed by atoms with Gasteiger partial charge in [-0.2, -0.15) is 0 Å². The average molecular weight is 310 g/mol. The molecule has 1 heterocycles. The standard InChI is InChI=1S/C18H34N2O2/c1-4-6-8-10-13-18(3,14-11-9-7-5-2)15-12-16-19-17(21)22-20-16/h4-15H2,1-3H3,(H,19,20,21). The Morgan fingerprint density at radius 1 is 0.955 bits per heavy atom. The van der Waals surface area contributed by atoms with Crippen LogP contribution in [0.15, 0.2) is 9.32 Å². The molecule has 0 saturated carbocycles. The van der Waals surface area contributed by atoms with Crippen molar-refractivity contribution >= 4 is 0 Å². The molecule has 0 fully saturated rings. The van der Waals surface area contributed by atoms with Gasteiger partial charge in [0, 0.05) is 6.42 Å². The molecule has 0 aliphatic carbocycles. The molecule has 0 bridgehead atoms. The molecule has 1 aromatic heterocycles. The highest BCUT2D eigenvalue weighted by atomic mass is 16.5. The fourth-order valence-corrected chi connectivity index (χ4v) is 3.12. The second kappa shape index (κ2) is 10.6. The normalized spacial score (nSPS) is 12.0. The molecule has 0 spiro atoms. The van der Waals surface area contributed by atoms with Crippen molar-refractivity contribution in [2.45, 2.75) is 97.8 Å². The van der Waals surface area contributed by atoms with Crippen molar-refractivity contribution < 1.29 is 4.52 Å². The summed E-state index contributed by atoms with van der Waals surface area (Å²) in [6.07, 6.45) is 15.0. The first-order valence-corrected chi connectivity index (χ1v) is 9.14. The largest absolute Gasteiger partial charge is 0.438 e. The quantitative estimate of drug-likeness (QED) is 0.507. The van der Waals surface area contributed by atoms with Crippen LogP contribution < -0.4 is 5.76 Å². The van der Waals surface area contributed by atoms with Crippen LogP contribution in [-0.4, -0.2) is 10.1 Å². The lowest BCUT2D eigenvalue weighted by Gasteiger charge is -2.29. The van der Waals surface area contributed by atoms with E-state index in [1.165, 1.54) is 64.2 Å². The second-order valence-corrected chi connectivity index (χ2v) is 6.97. The summed E-state index contributed by atoms with van der Waals surface area (Å²) < 4.78 is 4.59. The van der Waals surface area contributed by atoms with Gasteiger partial charge in [-0.1, -0.05) is 77.3 Å². The molecule has 1 rings (SSSR count). The Kier molecular flexibility index (Phi) is 9.17. The molecule has 0 aliphatic heterocycles. The smallest absolute Gasteiger partial charge is 0.296 e. The van der Waals surface area contributed by atoms with Crippen molar-refractivity contribution in [2.24, 2.45) is 5.41 Å². The zero-order chi connectivity index (χ0) is 16.3. The highest BCUT2D eigenvalue weighted by Gasteiger charge is 2.23. The Morgan fingerprint density at radius 3 is 2.00 bits per heavy atom. The highest BCUT2D eigenvalue weighted by Crippen LogP contribution is 2.35. The van der Waals surface area contributed by atoms with Crippen LogP contribution in [0.5, 0.6) is 0 Å². The number of hydrogen-bond donors (Lipinski definition) is 1. The monoisotopic (exact) mass is 310 g/mol. The van der Waals surface area contributed by atoms with Crippen LogP contribution in [0, 0.1) is 5.41 Å². The molecule has 4 heteroatoms. The maximum Gasteiger partial charge on any atom is 0.438 e. The lowest BCUT2D eigenvalue weighted by molar-refractivity contribution is 0.229. The van der Waals surface area contributed by atoms with Crippen LogP contribution >= 0.6 is 0 Å².